The summed E-state index contributed by atoms with van der Waals surface area (Å²) >= 11 is 0. The van der Waals surface area contributed by atoms with Gasteiger partial charge in [0.1, 0.15) is 0 Å². The topological polar surface area (TPSA) is 3.24 Å². The van der Waals surface area contributed by atoms with Crippen molar-refractivity contribution in [2.75, 3.05) is 20.1 Å². The predicted octanol–water partition coefficient (Wildman–Crippen LogP) is 3.15. The highest BCUT2D eigenvalue weighted by Crippen LogP contribution is 2.06. The van der Waals surface area contributed by atoms with E-state index in [1.807, 2.05) is 0 Å². The maximum Gasteiger partial charge on any atom is -0.00218 e. The number of nitrogens with zero attached hydrogens (tertiary/aromatic N) is 1. The lowest BCUT2D eigenvalue weighted by molar-refractivity contribution is 0.321. The molecule has 0 aliphatic carbocycles. The van der Waals surface area contributed by atoms with Crippen LogP contribution in [0.1, 0.15) is 46.5 Å². The first-order valence-corrected chi connectivity index (χ1v) is 5.35. The van der Waals surface area contributed by atoms with Crippen LogP contribution in [0.15, 0.2) is 0 Å². The molecule has 1 heteroatoms. The average Bonchev–Trinajstić information content (AvgIpc) is 1.98. The predicted molar refractivity (Wildman–Crippen MR) is 56.5 cm³/mol. The van der Waals surface area contributed by atoms with Crippen molar-refractivity contribution in [3.63, 3.8) is 0 Å². The number of unbranched alkanes of at least 4 members (excludes halogenated alkanes) is 1. The van der Waals surface area contributed by atoms with Gasteiger partial charge < -0.3 is 4.90 Å². The quantitative estimate of drug-likeness (QED) is 0.532. The fraction of sp³-hybridized carbons (Fsp3) is 1.00. The van der Waals surface area contributed by atoms with E-state index in [0.717, 1.165) is 5.92 Å². The highest BCUT2D eigenvalue weighted by atomic mass is 15.1. The van der Waals surface area contributed by atoms with Gasteiger partial charge in [-0.05, 0) is 38.9 Å². The Morgan fingerprint density at radius 2 is 1.75 bits per heavy atom. The summed E-state index contributed by atoms with van der Waals surface area (Å²) in [6.07, 6.45) is 5.43. The summed E-state index contributed by atoms with van der Waals surface area (Å²) in [6.45, 7) is 9.37. The molecule has 0 saturated heterocycles. The van der Waals surface area contributed by atoms with Crippen LogP contribution < -0.4 is 0 Å². The monoisotopic (exact) mass is 171 g/mol. The van der Waals surface area contributed by atoms with E-state index < -0.39 is 0 Å². The van der Waals surface area contributed by atoms with Crippen molar-refractivity contribution in [3.8, 4) is 0 Å². The molecule has 0 atom stereocenters. The van der Waals surface area contributed by atoms with E-state index in [-0.39, 0.29) is 0 Å². The summed E-state index contributed by atoms with van der Waals surface area (Å²) < 4.78 is 0. The van der Waals surface area contributed by atoms with Gasteiger partial charge in [-0.15, -0.1) is 0 Å². The molecule has 0 N–H and O–H groups in total. The third-order valence-corrected chi connectivity index (χ3v) is 2.18. The smallest absolute Gasteiger partial charge is 0.00218 e. The Kier molecular flexibility index (Phi) is 7.58. The van der Waals surface area contributed by atoms with E-state index in [1.165, 1.54) is 38.8 Å². The van der Waals surface area contributed by atoms with Crippen molar-refractivity contribution in [2.24, 2.45) is 5.92 Å². The second-order valence-electron chi connectivity index (χ2n) is 4.19. The summed E-state index contributed by atoms with van der Waals surface area (Å²) in [5, 5.41) is 0. The Morgan fingerprint density at radius 1 is 1.08 bits per heavy atom. The first-order valence-electron chi connectivity index (χ1n) is 5.35. The van der Waals surface area contributed by atoms with Gasteiger partial charge in [0, 0.05) is 0 Å². The molecular formula is C11H25N. The second kappa shape index (κ2) is 7.60. The Morgan fingerprint density at radius 3 is 2.25 bits per heavy atom. The Balaban J connectivity index is 3.08. The third-order valence-electron chi connectivity index (χ3n) is 2.18. The molecule has 0 rings (SSSR count). The van der Waals surface area contributed by atoms with Crippen molar-refractivity contribution in [2.45, 2.75) is 46.5 Å². The largest absolute Gasteiger partial charge is 0.306 e. The molecule has 74 valence electrons. The van der Waals surface area contributed by atoms with Crippen LogP contribution in [0.2, 0.25) is 0 Å². The van der Waals surface area contributed by atoms with Crippen LogP contribution in [0.4, 0.5) is 0 Å². The fourth-order valence-electron chi connectivity index (χ4n) is 1.43. The lowest BCUT2D eigenvalue weighted by Crippen LogP contribution is -2.20. The van der Waals surface area contributed by atoms with E-state index in [1.54, 1.807) is 0 Å². The summed E-state index contributed by atoms with van der Waals surface area (Å²) in [4.78, 5) is 2.43. The van der Waals surface area contributed by atoms with E-state index >= 15 is 0 Å². The third kappa shape index (κ3) is 8.06. The van der Waals surface area contributed by atoms with Gasteiger partial charge in [0.05, 0.1) is 0 Å². The van der Waals surface area contributed by atoms with Gasteiger partial charge in [-0.2, -0.15) is 0 Å². The second-order valence-corrected chi connectivity index (χ2v) is 4.19. The minimum absolute atomic E-state index is 0.876. The Bertz CT molecular complexity index is 89.0. The standard InChI is InChI=1S/C11H25N/c1-5-9-12(4)10-7-6-8-11(2)3/h11H,5-10H2,1-4H3. The van der Waals surface area contributed by atoms with E-state index in [4.69, 9.17) is 0 Å². The summed E-state index contributed by atoms with van der Waals surface area (Å²) in [7, 11) is 2.22. The molecule has 0 fully saturated rings. The molecule has 0 spiro atoms. The van der Waals surface area contributed by atoms with Gasteiger partial charge >= 0.3 is 0 Å². The summed E-state index contributed by atoms with van der Waals surface area (Å²) in [5.74, 6) is 0.876. The SMILES string of the molecule is CCCN(C)CCCCC(C)C. The highest BCUT2D eigenvalue weighted by molar-refractivity contribution is 4.52. The maximum atomic E-state index is 2.43. The minimum atomic E-state index is 0.876. The molecule has 0 unspecified atom stereocenters. The lowest BCUT2D eigenvalue weighted by Gasteiger charge is -2.15. The Labute approximate surface area is 78.1 Å². The zero-order valence-electron chi connectivity index (χ0n) is 9.27. The van der Waals surface area contributed by atoms with Crippen LogP contribution in [0.3, 0.4) is 0 Å². The van der Waals surface area contributed by atoms with Gasteiger partial charge in [-0.3, -0.25) is 0 Å². The molecular weight excluding hydrogens is 146 g/mol. The van der Waals surface area contributed by atoms with Gasteiger partial charge in [-0.25, -0.2) is 0 Å². The normalized spacial score (nSPS) is 11.5. The van der Waals surface area contributed by atoms with Gasteiger partial charge in [0.2, 0.25) is 0 Å². The fourth-order valence-corrected chi connectivity index (χ4v) is 1.43. The highest BCUT2D eigenvalue weighted by Gasteiger charge is 1.97. The van der Waals surface area contributed by atoms with Crippen molar-refractivity contribution in [1.82, 2.24) is 4.90 Å². The van der Waals surface area contributed by atoms with Crippen LogP contribution in [0.25, 0.3) is 0 Å². The van der Waals surface area contributed by atoms with Crippen LogP contribution in [-0.4, -0.2) is 25.0 Å². The van der Waals surface area contributed by atoms with Crippen molar-refractivity contribution in [3.05, 3.63) is 0 Å². The van der Waals surface area contributed by atoms with Crippen LogP contribution in [-0.2, 0) is 0 Å². The Hall–Kier alpha value is -0.0400. The van der Waals surface area contributed by atoms with Crippen molar-refractivity contribution < 1.29 is 0 Å². The molecule has 0 heterocycles. The van der Waals surface area contributed by atoms with E-state index in [2.05, 4.69) is 32.7 Å². The van der Waals surface area contributed by atoms with Crippen LogP contribution >= 0.6 is 0 Å². The zero-order valence-corrected chi connectivity index (χ0v) is 9.27. The molecule has 0 aliphatic rings. The first kappa shape index (κ1) is 12.0. The molecule has 0 bridgehead atoms. The molecule has 0 aromatic carbocycles. The zero-order chi connectivity index (χ0) is 9.40. The average molecular weight is 171 g/mol. The van der Waals surface area contributed by atoms with E-state index in [9.17, 15) is 0 Å². The van der Waals surface area contributed by atoms with Gasteiger partial charge in [0.25, 0.3) is 0 Å². The molecule has 0 saturated carbocycles. The van der Waals surface area contributed by atoms with Crippen LogP contribution in [0, 0.1) is 5.92 Å². The molecule has 1 nitrogen and oxygen atoms in total. The molecule has 0 amide bonds. The van der Waals surface area contributed by atoms with Gasteiger partial charge in [-0.1, -0.05) is 33.6 Å². The van der Waals surface area contributed by atoms with Crippen molar-refractivity contribution in [1.29, 1.82) is 0 Å². The summed E-state index contributed by atoms with van der Waals surface area (Å²) in [6, 6.07) is 0. The minimum Gasteiger partial charge on any atom is -0.306 e. The number of hydrogen-bond donors (Lipinski definition) is 0. The summed E-state index contributed by atoms with van der Waals surface area (Å²) in [5.41, 5.74) is 0. The van der Waals surface area contributed by atoms with Gasteiger partial charge in [0.15, 0.2) is 0 Å². The number of hydrogen-bond acceptors (Lipinski definition) is 1. The van der Waals surface area contributed by atoms with Crippen LogP contribution in [0.5, 0.6) is 0 Å². The molecule has 12 heavy (non-hydrogen) atoms. The maximum absolute atomic E-state index is 2.43. The molecule has 0 aliphatic heterocycles. The molecule has 0 aromatic rings. The van der Waals surface area contributed by atoms with Crippen molar-refractivity contribution >= 4 is 0 Å². The number of rotatable bonds is 7. The first-order chi connectivity index (χ1) is 5.66. The lowest BCUT2D eigenvalue weighted by atomic mass is 10.1. The molecule has 0 radical (unpaired) electrons. The van der Waals surface area contributed by atoms with E-state index in [0.29, 0.717) is 0 Å². The molecule has 0 aromatic heterocycles.